The quantitative estimate of drug-likeness (QED) is 0.334. The number of esters is 1. The molecule has 0 N–H and O–H groups in total. The van der Waals surface area contributed by atoms with Gasteiger partial charge in [0.25, 0.3) is 0 Å². The van der Waals surface area contributed by atoms with Crippen molar-refractivity contribution in [3.63, 3.8) is 0 Å². The minimum atomic E-state index is -1.02. The highest BCUT2D eigenvalue weighted by atomic mass is 16.5. The zero-order valence-electron chi connectivity index (χ0n) is 17.1. The predicted octanol–water partition coefficient (Wildman–Crippen LogP) is 2.79. The van der Waals surface area contributed by atoms with Gasteiger partial charge in [0.2, 0.25) is 11.8 Å². The summed E-state index contributed by atoms with van der Waals surface area (Å²) in [4.78, 5) is 51.0. The van der Waals surface area contributed by atoms with Crippen molar-refractivity contribution in [3.05, 3.63) is 57.5 Å². The van der Waals surface area contributed by atoms with Crippen molar-refractivity contribution >= 4 is 28.8 Å². The van der Waals surface area contributed by atoms with Crippen LogP contribution >= 0.6 is 0 Å². The lowest BCUT2D eigenvalue weighted by Crippen LogP contribution is -2.44. The van der Waals surface area contributed by atoms with Crippen LogP contribution < -0.4 is 5.63 Å². The number of carbonyl (C=O) groups excluding carboxylic acids is 3. The topological polar surface area (TPSA) is 93.9 Å². The zero-order valence-corrected chi connectivity index (χ0v) is 17.1. The third-order valence-electron chi connectivity index (χ3n) is 6.16. The van der Waals surface area contributed by atoms with Gasteiger partial charge < -0.3 is 9.15 Å². The van der Waals surface area contributed by atoms with Crippen molar-refractivity contribution in [2.45, 2.75) is 46.3 Å². The predicted molar refractivity (Wildman–Crippen MR) is 108 cm³/mol. The van der Waals surface area contributed by atoms with Crippen molar-refractivity contribution in [2.75, 3.05) is 0 Å². The molecular weight excluding hydrogens is 386 g/mol. The van der Waals surface area contributed by atoms with Crippen LogP contribution in [0.25, 0.3) is 11.0 Å². The maximum Gasteiger partial charge on any atom is 0.336 e. The molecule has 0 bridgehead atoms. The number of likely N-dealkylation sites (tertiary alicyclic amines) is 1. The molecule has 2 amide bonds. The molecule has 7 nitrogen and oxygen atoms in total. The third-order valence-corrected chi connectivity index (χ3v) is 6.16. The molecule has 2 aliphatic rings. The van der Waals surface area contributed by atoms with Crippen molar-refractivity contribution in [2.24, 2.45) is 11.8 Å². The minimum absolute atomic E-state index is 0.154. The molecule has 1 aromatic heterocycles. The average molecular weight is 409 g/mol. The summed E-state index contributed by atoms with van der Waals surface area (Å²) < 4.78 is 10.7. The van der Waals surface area contributed by atoms with Crippen LogP contribution in [0.5, 0.6) is 0 Å². The first-order chi connectivity index (χ1) is 14.3. The molecule has 30 heavy (non-hydrogen) atoms. The van der Waals surface area contributed by atoms with E-state index in [0.29, 0.717) is 29.4 Å². The van der Waals surface area contributed by atoms with Crippen molar-refractivity contribution < 1.29 is 23.5 Å². The highest BCUT2D eigenvalue weighted by molar-refractivity contribution is 6.08. The van der Waals surface area contributed by atoms with Crippen LogP contribution in [-0.2, 0) is 25.7 Å². The largest absolute Gasteiger partial charge is 0.459 e. The summed E-state index contributed by atoms with van der Waals surface area (Å²) >= 11 is 0. The molecule has 1 fully saturated rings. The Morgan fingerprint density at radius 2 is 1.77 bits per heavy atom. The van der Waals surface area contributed by atoms with Gasteiger partial charge >= 0.3 is 11.6 Å². The van der Waals surface area contributed by atoms with E-state index < -0.39 is 29.5 Å². The van der Waals surface area contributed by atoms with Crippen LogP contribution in [0.1, 0.15) is 36.5 Å². The van der Waals surface area contributed by atoms with E-state index in [4.69, 9.17) is 9.15 Å². The normalized spacial score (nSPS) is 21.8. The zero-order chi connectivity index (χ0) is 21.6. The molecule has 1 aliphatic heterocycles. The lowest BCUT2D eigenvalue weighted by atomic mass is 9.85. The van der Waals surface area contributed by atoms with Gasteiger partial charge in [0.05, 0.1) is 11.8 Å². The standard InChI is InChI=1S/C23H23NO6/c1-12-8-9-16-15(10-19(25)30-20(16)13(12)2)11-29-23(28)14(3)24-21(26)17-6-4-5-7-18(17)22(24)27/h4-5,8-10,14,17-18H,6-7,11H2,1-3H3/t14-,17-,18+/m0/s1. The monoisotopic (exact) mass is 409 g/mol. The lowest BCUT2D eigenvalue weighted by molar-refractivity contribution is -0.159. The Morgan fingerprint density at radius 3 is 2.40 bits per heavy atom. The van der Waals surface area contributed by atoms with E-state index in [1.807, 2.05) is 38.1 Å². The van der Waals surface area contributed by atoms with Crippen LogP contribution in [0.3, 0.4) is 0 Å². The van der Waals surface area contributed by atoms with Gasteiger partial charge in [-0.25, -0.2) is 9.59 Å². The first-order valence-electron chi connectivity index (χ1n) is 10.0. The van der Waals surface area contributed by atoms with Crippen LogP contribution in [0.2, 0.25) is 0 Å². The Balaban J connectivity index is 1.53. The molecule has 1 aromatic carbocycles. The highest BCUT2D eigenvalue weighted by Crippen LogP contribution is 2.36. The Bertz CT molecular complexity index is 1120. The summed E-state index contributed by atoms with van der Waals surface area (Å²) in [6.07, 6.45) is 4.82. The summed E-state index contributed by atoms with van der Waals surface area (Å²) in [6.45, 7) is 5.12. The summed E-state index contributed by atoms with van der Waals surface area (Å²) in [5.74, 6) is -2.13. The van der Waals surface area contributed by atoms with Gasteiger partial charge in [-0.3, -0.25) is 14.5 Å². The smallest absolute Gasteiger partial charge is 0.336 e. The molecule has 2 heterocycles. The molecule has 0 saturated carbocycles. The second kappa shape index (κ2) is 7.55. The number of hydrogen-bond acceptors (Lipinski definition) is 6. The SMILES string of the molecule is Cc1ccc2c(COC(=O)[C@H](C)N3C(=O)[C@H]4CC=CC[C@H]4C3=O)cc(=O)oc2c1C. The van der Waals surface area contributed by atoms with E-state index in [1.165, 1.54) is 13.0 Å². The Kier molecular flexibility index (Phi) is 5.05. The molecule has 156 valence electrons. The number of benzene rings is 1. The fourth-order valence-corrected chi connectivity index (χ4v) is 4.23. The molecule has 1 saturated heterocycles. The van der Waals surface area contributed by atoms with Crippen molar-refractivity contribution in [1.29, 1.82) is 0 Å². The highest BCUT2D eigenvalue weighted by Gasteiger charge is 2.50. The molecule has 0 radical (unpaired) electrons. The number of fused-ring (bicyclic) bond motifs is 2. The van der Waals surface area contributed by atoms with Gasteiger partial charge in [0.15, 0.2) is 0 Å². The molecule has 7 heteroatoms. The second-order valence-corrected chi connectivity index (χ2v) is 7.96. The number of rotatable bonds is 4. The number of allylic oxidation sites excluding steroid dienone is 2. The van der Waals surface area contributed by atoms with E-state index in [-0.39, 0.29) is 18.4 Å². The van der Waals surface area contributed by atoms with E-state index in [2.05, 4.69) is 0 Å². The lowest BCUT2D eigenvalue weighted by Gasteiger charge is -2.21. The van der Waals surface area contributed by atoms with E-state index in [9.17, 15) is 19.2 Å². The van der Waals surface area contributed by atoms with Crippen LogP contribution in [0.4, 0.5) is 0 Å². The number of carbonyl (C=O) groups is 3. The number of amides is 2. The summed E-state index contributed by atoms with van der Waals surface area (Å²) in [5, 5.41) is 0.684. The molecular formula is C23H23NO6. The van der Waals surface area contributed by atoms with Gasteiger partial charge in [-0.15, -0.1) is 0 Å². The van der Waals surface area contributed by atoms with Gasteiger partial charge in [-0.05, 0) is 44.7 Å². The van der Waals surface area contributed by atoms with Crippen molar-refractivity contribution in [3.8, 4) is 0 Å². The molecule has 1 aliphatic carbocycles. The number of hydrogen-bond donors (Lipinski definition) is 0. The van der Waals surface area contributed by atoms with Gasteiger partial charge in [-0.1, -0.05) is 24.3 Å². The molecule has 3 atom stereocenters. The maximum absolute atomic E-state index is 12.7. The third kappa shape index (κ3) is 3.24. The Labute approximate surface area is 173 Å². The Hall–Kier alpha value is -3.22. The van der Waals surface area contributed by atoms with Gasteiger partial charge in [0, 0.05) is 17.0 Å². The number of aryl methyl sites for hydroxylation is 2. The van der Waals surface area contributed by atoms with E-state index in [1.54, 1.807) is 0 Å². The first-order valence-corrected chi connectivity index (χ1v) is 10.0. The second-order valence-electron chi connectivity index (χ2n) is 7.96. The first kappa shape index (κ1) is 20.1. The molecule has 0 spiro atoms. The fraction of sp³-hybridized carbons (Fsp3) is 0.391. The van der Waals surface area contributed by atoms with Crippen LogP contribution in [0.15, 0.2) is 39.6 Å². The Morgan fingerprint density at radius 1 is 1.13 bits per heavy atom. The molecule has 4 rings (SSSR count). The van der Waals surface area contributed by atoms with Crippen molar-refractivity contribution in [1.82, 2.24) is 4.90 Å². The van der Waals surface area contributed by atoms with Gasteiger partial charge in [-0.2, -0.15) is 0 Å². The molecule has 2 aromatic rings. The minimum Gasteiger partial charge on any atom is -0.459 e. The summed E-state index contributed by atoms with van der Waals surface area (Å²) in [5.41, 5.74) is 2.27. The fourth-order valence-electron chi connectivity index (χ4n) is 4.23. The number of ether oxygens (including phenoxy) is 1. The maximum atomic E-state index is 12.7. The van der Waals surface area contributed by atoms with E-state index in [0.717, 1.165) is 16.0 Å². The summed E-state index contributed by atoms with van der Waals surface area (Å²) in [7, 11) is 0. The summed E-state index contributed by atoms with van der Waals surface area (Å²) in [6, 6.07) is 3.99. The molecule has 0 unspecified atom stereocenters. The number of imide groups is 1. The van der Waals surface area contributed by atoms with E-state index >= 15 is 0 Å². The average Bonchev–Trinajstić information content (AvgIpc) is 2.99. The van der Waals surface area contributed by atoms with Gasteiger partial charge in [0.1, 0.15) is 18.2 Å². The van der Waals surface area contributed by atoms with Crippen LogP contribution in [-0.4, -0.2) is 28.7 Å². The number of nitrogens with zero attached hydrogens (tertiary/aromatic N) is 1. The van der Waals surface area contributed by atoms with Crippen LogP contribution in [0, 0.1) is 25.7 Å².